The van der Waals surface area contributed by atoms with Crippen LogP contribution in [0, 0.1) is 0 Å². The fourth-order valence-corrected chi connectivity index (χ4v) is 4.78. The first-order chi connectivity index (χ1) is 13.8. The van der Waals surface area contributed by atoms with Crippen LogP contribution in [-0.4, -0.2) is 51.9 Å². The summed E-state index contributed by atoms with van der Waals surface area (Å²) in [7, 11) is -3.82. The van der Waals surface area contributed by atoms with Gasteiger partial charge in [-0.15, -0.1) is 0 Å². The zero-order chi connectivity index (χ0) is 21.4. The number of hydrogen-bond acceptors (Lipinski definition) is 7. The molecule has 0 aliphatic heterocycles. The minimum atomic E-state index is -3.82. The summed E-state index contributed by atoms with van der Waals surface area (Å²) in [6, 6.07) is 7.44. The van der Waals surface area contributed by atoms with Gasteiger partial charge in [0.1, 0.15) is 4.32 Å². The van der Waals surface area contributed by atoms with Gasteiger partial charge in [0.15, 0.2) is 0 Å². The highest BCUT2D eigenvalue weighted by Gasteiger charge is 2.19. The Balaban J connectivity index is 1.99. The lowest BCUT2D eigenvalue weighted by molar-refractivity contribution is -0.115. The molecule has 2 aromatic rings. The van der Waals surface area contributed by atoms with Gasteiger partial charge in [-0.3, -0.25) is 4.79 Å². The number of carbonyl (C=O) groups excluding carboxylic acids is 1. The van der Waals surface area contributed by atoms with Crippen LogP contribution in [-0.2, 0) is 14.8 Å². The number of sulfonamides is 1. The van der Waals surface area contributed by atoms with Gasteiger partial charge in [0.2, 0.25) is 11.9 Å². The summed E-state index contributed by atoms with van der Waals surface area (Å²) < 4.78 is 27.7. The van der Waals surface area contributed by atoms with Crippen LogP contribution in [0.3, 0.4) is 0 Å². The molecule has 1 aromatic heterocycles. The summed E-state index contributed by atoms with van der Waals surface area (Å²) in [4.78, 5) is 22.1. The van der Waals surface area contributed by atoms with Crippen molar-refractivity contribution < 1.29 is 13.2 Å². The summed E-state index contributed by atoms with van der Waals surface area (Å²) in [6.45, 7) is 7.37. The van der Waals surface area contributed by atoms with E-state index >= 15 is 0 Å². The number of anilines is 2. The summed E-state index contributed by atoms with van der Waals surface area (Å²) in [5.41, 5.74) is 0.492. The van der Waals surface area contributed by atoms with E-state index in [9.17, 15) is 13.2 Å². The Morgan fingerprint density at radius 1 is 1.17 bits per heavy atom. The maximum absolute atomic E-state index is 12.4. The van der Waals surface area contributed by atoms with Crippen molar-refractivity contribution in [2.45, 2.75) is 30.9 Å². The Morgan fingerprint density at radius 2 is 1.76 bits per heavy atom. The van der Waals surface area contributed by atoms with Crippen molar-refractivity contribution in [3.05, 3.63) is 42.7 Å². The Kier molecular flexibility index (Phi) is 8.35. The number of nitrogens with zero attached hydrogens (tertiary/aromatic N) is 3. The lowest BCUT2D eigenvalue weighted by Gasteiger charge is -2.22. The third-order valence-corrected chi connectivity index (χ3v) is 6.81. The van der Waals surface area contributed by atoms with E-state index in [0.717, 1.165) is 13.1 Å². The molecule has 0 radical (unpaired) electrons. The third-order valence-electron chi connectivity index (χ3n) is 3.89. The van der Waals surface area contributed by atoms with Crippen molar-refractivity contribution in [2.24, 2.45) is 0 Å². The molecule has 0 aliphatic rings. The van der Waals surface area contributed by atoms with Crippen LogP contribution in [0.15, 0.2) is 47.6 Å². The van der Waals surface area contributed by atoms with Crippen molar-refractivity contribution in [1.29, 1.82) is 0 Å². The third kappa shape index (κ3) is 6.65. The molecule has 1 amide bonds. The van der Waals surface area contributed by atoms with Gasteiger partial charge >= 0.3 is 0 Å². The van der Waals surface area contributed by atoms with Crippen LogP contribution < -0.4 is 10.0 Å². The van der Waals surface area contributed by atoms with Crippen molar-refractivity contribution in [3.63, 3.8) is 0 Å². The molecule has 11 heteroatoms. The molecule has 1 aromatic carbocycles. The second kappa shape index (κ2) is 10.5. The van der Waals surface area contributed by atoms with E-state index in [4.69, 9.17) is 12.2 Å². The fourth-order valence-electron chi connectivity index (χ4n) is 2.25. The predicted octanol–water partition coefficient (Wildman–Crippen LogP) is 2.96. The number of hydrogen-bond donors (Lipinski definition) is 2. The maximum Gasteiger partial charge on any atom is 0.264 e. The van der Waals surface area contributed by atoms with Gasteiger partial charge in [-0.2, -0.15) is 0 Å². The van der Waals surface area contributed by atoms with E-state index < -0.39 is 10.0 Å². The molecule has 0 fully saturated rings. The molecule has 0 saturated carbocycles. The Hall–Kier alpha value is -2.24. The number of carbonyl (C=O) groups is 1. The molecule has 156 valence electrons. The van der Waals surface area contributed by atoms with Gasteiger partial charge in [-0.1, -0.05) is 24.0 Å². The highest BCUT2D eigenvalue weighted by molar-refractivity contribution is 8.23. The number of thiocarbonyl (C=S) groups is 1. The van der Waals surface area contributed by atoms with Crippen LogP contribution in [0.4, 0.5) is 11.6 Å². The number of amides is 1. The molecule has 0 saturated heterocycles. The molecule has 2 N–H and O–H groups in total. The van der Waals surface area contributed by atoms with Gasteiger partial charge in [0.25, 0.3) is 10.0 Å². The second-order valence-electron chi connectivity index (χ2n) is 5.89. The monoisotopic (exact) mass is 453 g/mol. The number of rotatable bonds is 8. The smallest absolute Gasteiger partial charge is 0.264 e. The Bertz CT molecular complexity index is 933. The highest BCUT2D eigenvalue weighted by Crippen LogP contribution is 2.20. The van der Waals surface area contributed by atoms with Crippen LogP contribution in [0.1, 0.15) is 20.8 Å². The van der Waals surface area contributed by atoms with Gasteiger partial charge in [-0.05, 0) is 51.1 Å². The number of thioether (sulfide) groups is 1. The molecule has 0 spiro atoms. The zero-order valence-electron chi connectivity index (χ0n) is 16.3. The van der Waals surface area contributed by atoms with E-state index in [2.05, 4.69) is 20.0 Å². The Morgan fingerprint density at radius 3 is 2.31 bits per heavy atom. The molecule has 1 atom stereocenters. The van der Waals surface area contributed by atoms with Crippen molar-refractivity contribution in [3.8, 4) is 0 Å². The fraction of sp³-hybridized carbons (Fsp3) is 0.333. The molecule has 29 heavy (non-hydrogen) atoms. The largest absolute Gasteiger partial charge is 0.358 e. The predicted molar refractivity (Wildman–Crippen MR) is 120 cm³/mol. The van der Waals surface area contributed by atoms with Gasteiger partial charge < -0.3 is 10.2 Å². The molecule has 0 bridgehead atoms. The molecule has 2 rings (SSSR count). The first kappa shape index (κ1) is 23.0. The minimum Gasteiger partial charge on any atom is -0.358 e. The number of aromatic nitrogens is 2. The molecule has 1 heterocycles. The number of nitrogens with one attached hydrogen (secondary N) is 2. The average Bonchev–Trinajstić information content (AvgIpc) is 2.69. The summed E-state index contributed by atoms with van der Waals surface area (Å²) in [5, 5.41) is 2.39. The molecular formula is C18H23N5O3S3. The lowest BCUT2D eigenvalue weighted by Crippen LogP contribution is -2.31. The van der Waals surface area contributed by atoms with Crippen LogP contribution >= 0.6 is 24.0 Å². The molecular weight excluding hydrogens is 430 g/mol. The van der Waals surface area contributed by atoms with Gasteiger partial charge in [-0.25, -0.2) is 23.1 Å². The van der Waals surface area contributed by atoms with E-state index in [1.165, 1.54) is 48.4 Å². The van der Waals surface area contributed by atoms with Crippen molar-refractivity contribution in [2.75, 3.05) is 23.1 Å². The highest BCUT2D eigenvalue weighted by atomic mass is 32.2. The molecule has 1 unspecified atom stereocenters. The molecule has 8 nitrogen and oxygen atoms in total. The standard InChI is InChI=1S/C18H23N5O3S3/c1-4-23(5-2)18(27)28-13(3)16(24)21-14-7-9-15(10-8-14)29(25,26)22-17-19-11-6-12-20-17/h6-13H,4-5H2,1-3H3,(H,21,24)(H,19,20,22). The lowest BCUT2D eigenvalue weighted by atomic mass is 10.3. The summed E-state index contributed by atoms with van der Waals surface area (Å²) in [6.07, 6.45) is 2.88. The van der Waals surface area contributed by atoms with Crippen molar-refractivity contribution >= 4 is 55.9 Å². The normalized spacial score (nSPS) is 12.1. The van der Waals surface area contributed by atoms with Crippen LogP contribution in [0.2, 0.25) is 0 Å². The zero-order valence-corrected chi connectivity index (χ0v) is 18.8. The first-order valence-electron chi connectivity index (χ1n) is 8.93. The maximum atomic E-state index is 12.4. The molecule has 0 aliphatic carbocycles. The quantitative estimate of drug-likeness (QED) is 0.588. The second-order valence-corrected chi connectivity index (χ2v) is 9.55. The average molecular weight is 454 g/mol. The van der Waals surface area contributed by atoms with Gasteiger partial charge in [0, 0.05) is 31.2 Å². The first-order valence-corrected chi connectivity index (χ1v) is 11.7. The number of benzene rings is 1. The van der Waals surface area contributed by atoms with Crippen LogP contribution in [0.25, 0.3) is 0 Å². The van der Waals surface area contributed by atoms with Crippen LogP contribution in [0.5, 0.6) is 0 Å². The minimum absolute atomic E-state index is 0.0140. The van der Waals surface area contributed by atoms with E-state index in [1.54, 1.807) is 13.0 Å². The Labute approximate surface area is 180 Å². The van der Waals surface area contributed by atoms with E-state index in [1.807, 2.05) is 18.7 Å². The summed E-state index contributed by atoms with van der Waals surface area (Å²) >= 11 is 6.69. The van der Waals surface area contributed by atoms with Gasteiger partial charge in [0.05, 0.1) is 10.1 Å². The van der Waals surface area contributed by atoms with Crippen molar-refractivity contribution in [1.82, 2.24) is 14.9 Å². The SMILES string of the molecule is CCN(CC)C(=S)SC(C)C(=O)Nc1ccc(S(=O)(=O)Nc2ncccn2)cc1. The van der Waals surface area contributed by atoms with E-state index in [0.29, 0.717) is 10.0 Å². The van der Waals surface area contributed by atoms with E-state index in [-0.39, 0.29) is 22.0 Å². The summed E-state index contributed by atoms with van der Waals surface area (Å²) in [5.74, 6) is -0.226. The topological polar surface area (TPSA) is 104 Å².